The number of benzene rings is 3. The number of carboxylic acids is 1. The van der Waals surface area contributed by atoms with Crippen molar-refractivity contribution in [2.75, 3.05) is 45.7 Å². The Balaban J connectivity index is 1.09. The van der Waals surface area contributed by atoms with Crippen molar-refractivity contribution in [3.63, 3.8) is 0 Å². The molecule has 0 saturated carbocycles. The van der Waals surface area contributed by atoms with Crippen molar-refractivity contribution in [1.29, 1.82) is 0 Å². The molecule has 278 valence electrons. The fourth-order valence-electron chi connectivity index (χ4n) is 8.04. The summed E-state index contributed by atoms with van der Waals surface area (Å²) in [6, 6.07) is 20.6. The number of aliphatic hydroxyl groups excluding tert-OH is 1. The first kappa shape index (κ1) is 35.5. The van der Waals surface area contributed by atoms with Crippen LogP contribution in [0, 0.1) is 19.8 Å². The Morgan fingerprint density at radius 1 is 0.907 bits per heavy atom. The molecule has 0 amide bonds. The van der Waals surface area contributed by atoms with Crippen LogP contribution in [-0.2, 0) is 17.9 Å². The van der Waals surface area contributed by atoms with Crippen molar-refractivity contribution < 1.29 is 24.5 Å². The Kier molecular flexibility index (Phi) is 9.65. The van der Waals surface area contributed by atoms with E-state index in [9.17, 15) is 15.0 Å². The summed E-state index contributed by atoms with van der Waals surface area (Å²) in [7, 11) is 3.28. The standard InChI is InChI=1S/C42H45N7O5/c1-25-15-29-16-27(21-47-14-12-31(50)23-47)19-43-40(29)41(45-25)46-36-9-5-7-32(26(36)2)33-8-6-10-37-34(33)20-44-49(37)30-17-38(53-3)35(39(18-30)54-4)24-48-13-11-28(22-48)42(51)52/h5-10,15-20,28,31,50H,11-14,21-24H2,1-4H3,(H,45,46)(H,51,52)/t28-,31-/m1/s1. The molecule has 0 aliphatic carbocycles. The zero-order valence-corrected chi connectivity index (χ0v) is 31.0. The van der Waals surface area contributed by atoms with Crippen LogP contribution in [-0.4, -0.2) is 92.2 Å². The molecule has 2 aliphatic rings. The highest BCUT2D eigenvalue weighted by Crippen LogP contribution is 2.39. The van der Waals surface area contributed by atoms with Crippen molar-refractivity contribution >= 4 is 39.3 Å². The van der Waals surface area contributed by atoms with E-state index in [0.717, 1.165) is 86.2 Å². The van der Waals surface area contributed by atoms with Gasteiger partial charge >= 0.3 is 5.97 Å². The Morgan fingerprint density at radius 3 is 2.37 bits per heavy atom. The molecule has 0 spiro atoms. The third-order valence-corrected chi connectivity index (χ3v) is 10.8. The lowest BCUT2D eigenvalue weighted by atomic mass is 9.96. The van der Waals surface area contributed by atoms with E-state index in [0.29, 0.717) is 49.9 Å². The fraction of sp³-hybridized carbons (Fsp3) is 0.333. The predicted molar refractivity (Wildman–Crippen MR) is 209 cm³/mol. The maximum atomic E-state index is 11.6. The quantitative estimate of drug-likeness (QED) is 0.135. The van der Waals surface area contributed by atoms with E-state index in [-0.39, 0.29) is 12.0 Å². The number of anilines is 2. The van der Waals surface area contributed by atoms with E-state index < -0.39 is 5.97 Å². The molecular formula is C42H45N7O5. The minimum Gasteiger partial charge on any atom is -0.496 e. The number of carboxylic acid groups (broad SMARTS) is 1. The Bertz CT molecular complexity index is 2350. The Labute approximate surface area is 314 Å². The molecule has 2 saturated heterocycles. The lowest BCUT2D eigenvalue weighted by Crippen LogP contribution is -2.23. The molecule has 2 atom stereocenters. The number of hydrogen-bond acceptors (Lipinski definition) is 10. The van der Waals surface area contributed by atoms with Crippen LogP contribution in [0.4, 0.5) is 11.5 Å². The topological polar surface area (TPSA) is 138 Å². The molecule has 0 bridgehead atoms. The molecule has 8 rings (SSSR count). The molecule has 5 heterocycles. The number of aryl methyl sites for hydroxylation is 1. The van der Waals surface area contributed by atoms with Crippen LogP contribution in [0.15, 0.2) is 73.1 Å². The second-order valence-electron chi connectivity index (χ2n) is 14.5. The number of hydrogen-bond donors (Lipinski definition) is 3. The first-order valence-corrected chi connectivity index (χ1v) is 18.4. The van der Waals surface area contributed by atoms with Gasteiger partial charge in [0.1, 0.15) is 17.0 Å². The minimum absolute atomic E-state index is 0.253. The fourth-order valence-corrected chi connectivity index (χ4v) is 8.04. The van der Waals surface area contributed by atoms with Crippen molar-refractivity contribution in [2.24, 2.45) is 5.92 Å². The van der Waals surface area contributed by atoms with Crippen LogP contribution >= 0.6 is 0 Å². The van der Waals surface area contributed by atoms with Crippen LogP contribution in [0.25, 0.3) is 38.6 Å². The van der Waals surface area contributed by atoms with E-state index in [4.69, 9.17) is 24.5 Å². The number of nitrogens with one attached hydrogen (secondary N) is 1. The molecule has 0 unspecified atom stereocenters. The van der Waals surface area contributed by atoms with Gasteiger partial charge in [-0.15, -0.1) is 0 Å². The summed E-state index contributed by atoms with van der Waals surface area (Å²) in [5, 5.41) is 30.0. The van der Waals surface area contributed by atoms with Gasteiger partial charge in [0.25, 0.3) is 0 Å². The first-order valence-electron chi connectivity index (χ1n) is 18.4. The summed E-state index contributed by atoms with van der Waals surface area (Å²) in [6.45, 7) is 8.18. The molecule has 3 aromatic carbocycles. The number of likely N-dealkylation sites (tertiary alicyclic amines) is 2. The average Bonchev–Trinajstić information content (AvgIpc) is 3.92. The van der Waals surface area contributed by atoms with Crippen LogP contribution in [0.5, 0.6) is 11.5 Å². The summed E-state index contributed by atoms with van der Waals surface area (Å²) < 4.78 is 13.6. The zero-order chi connectivity index (χ0) is 37.5. The van der Waals surface area contributed by atoms with Gasteiger partial charge in [0, 0.05) is 73.2 Å². The smallest absolute Gasteiger partial charge is 0.307 e. The average molecular weight is 728 g/mol. The van der Waals surface area contributed by atoms with Crippen LogP contribution < -0.4 is 14.8 Å². The van der Waals surface area contributed by atoms with Gasteiger partial charge in [-0.2, -0.15) is 5.10 Å². The number of β-amino-alcohol motifs (C(OH)–C–C–N with tert-alkyl or cyclic N) is 1. The molecule has 6 aromatic rings. The van der Waals surface area contributed by atoms with Gasteiger partial charge in [-0.1, -0.05) is 24.3 Å². The van der Waals surface area contributed by atoms with Gasteiger partial charge in [-0.05, 0) is 79.8 Å². The molecule has 2 fully saturated rings. The van der Waals surface area contributed by atoms with Gasteiger partial charge in [-0.3, -0.25) is 19.6 Å². The molecular weight excluding hydrogens is 683 g/mol. The number of carbonyl (C=O) groups is 1. The maximum Gasteiger partial charge on any atom is 0.307 e. The Morgan fingerprint density at radius 2 is 1.65 bits per heavy atom. The molecule has 54 heavy (non-hydrogen) atoms. The SMILES string of the molecule is COc1cc(-n2ncc3c(-c4cccc(Nc5nc(C)cc6cc(CN7CC[C@@H](O)C7)cnc56)c4C)cccc32)cc(OC)c1CN1CC[C@@H](C(=O)O)C1. The molecule has 12 nitrogen and oxygen atoms in total. The number of ether oxygens (including phenoxy) is 2. The van der Waals surface area contributed by atoms with Crippen LogP contribution in [0.1, 0.15) is 35.2 Å². The summed E-state index contributed by atoms with van der Waals surface area (Å²) in [5.74, 6) is 0.906. The monoisotopic (exact) mass is 727 g/mol. The molecule has 2 aliphatic heterocycles. The summed E-state index contributed by atoms with van der Waals surface area (Å²) in [6.07, 6.45) is 5.00. The lowest BCUT2D eigenvalue weighted by molar-refractivity contribution is -0.141. The molecule has 0 radical (unpaired) electrons. The summed E-state index contributed by atoms with van der Waals surface area (Å²) in [4.78, 5) is 25.7. The van der Waals surface area contributed by atoms with Gasteiger partial charge in [-0.25, -0.2) is 9.67 Å². The number of pyridine rings is 2. The summed E-state index contributed by atoms with van der Waals surface area (Å²) >= 11 is 0. The van der Waals surface area contributed by atoms with Gasteiger partial charge in [0.2, 0.25) is 0 Å². The van der Waals surface area contributed by atoms with Crippen molar-refractivity contribution in [3.05, 3.63) is 95.4 Å². The highest BCUT2D eigenvalue weighted by Gasteiger charge is 2.29. The number of aliphatic carboxylic acids is 1. The van der Waals surface area contributed by atoms with E-state index in [1.165, 1.54) is 0 Å². The number of rotatable bonds is 11. The molecule has 3 aromatic heterocycles. The number of fused-ring (bicyclic) bond motifs is 2. The second-order valence-corrected chi connectivity index (χ2v) is 14.5. The number of aromatic nitrogens is 4. The third kappa shape index (κ3) is 6.84. The number of aliphatic hydroxyl groups is 1. The highest BCUT2D eigenvalue weighted by atomic mass is 16.5. The number of methoxy groups -OCH3 is 2. The summed E-state index contributed by atoms with van der Waals surface area (Å²) in [5.41, 5.74) is 9.55. The van der Waals surface area contributed by atoms with Gasteiger partial charge in [0.15, 0.2) is 5.82 Å². The maximum absolute atomic E-state index is 11.6. The van der Waals surface area contributed by atoms with Crippen molar-refractivity contribution in [3.8, 4) is 28.3 Å². The lowest BCUT2D eigenvalue weighted by Gasteiger charge is -2.21. The van der Waals surface area contributed by atoms with E-state index in [1.807, 2.05) is 42.2 Å². The molecule has 3 N–H and O–H groups in total. The van der Waals surface area contributed by atoms with Gasteiger partial charge in [0.05, 0.1) is 49.2 Å². The Hall–Kier alpha value is -5.56. The van der Waals surface area contributed by atoms with E-state index >= 15 is 0 Å². The third-order valence-electron chi connectivity index (χ3n) is 10.8. The van der Waals surface area contributed by atoms with Crippen molar-refractivity contribution in [1.82, 2.24) is 29.5 Å². The van der Waals surface area contributed by atoms with Crippen LogP contribution in [0.2, 0.25) is 0 Å². The largest absolute Gasteiger partial charge is 0.496 e. The highest BCUT2D eigenvalue weighted by molar-refractivity contribution is 5.98. The number of nitrogens with zero attached hydrogens (tertiary/aromatic N) is 6. The first-order chi connectivity index (χ1) is 26.2. The predicted octanol–water partition coefficient (Wildman–Crippen LogP) is 6.49. The zero-order valence-electron chi connectivity index (χ0n) is 31.0. The normalized spacial score (nSPS) is 17.8. The van der Waals surface area contributed by atoms with Crippen LogP contribution in [0.3, 0.4) is 0 Å². The molecule has 12 heteroatoms. The minimum atomic E-state index is -0.755. The van der Waals surface area contributed by atoms with Crippen molar-refractivity contribution in [2.45, 2.75) is 45.9 Å². The van der Waals surface area contributed by atoms with Gasteiger partial charge < -0.3 is 25.0 Å². The van der Waals surface area contributed by atoms with E-state index in [1.54, 1.807) is 14.2 Å². The van der Waals surface area contributed by atoms with E-state index in [2.05, 4.69) is 64.5 Å². The second kappa shape index (κ2) is 14.7.